The van der Waals surface area contributed by atoms with E-state index in [1.54, 1.807) is 4.90 Å². The third kappa shape index (κ3) is 3.04. The van der Waals surface area contributed by atoms with E-state index in [0.717, 1.165) is 6.42 Å². The molecule has 1 unspecified atom stereocenters. The number of nitrogens with one attached hydrogen (secondary N) is 1. The number of carboxylic acid groups (broad SMARTS) is 1. The van der Waals surface area contributed by atoms with Gasteiger partial charge in [-0.2, -0.15) is 5.10 Å². The summed E-state index contributed by atoms with van der Waals surface area (Å²) in [5.41, 5.74) is 1.39. The number of carbonyl (C=O) groups excluding carboxylic acids is 1. The van der Waals surface area contributed by atoms with Gasteiger partial charge in [0.25, 0.3) is 5.91 Å². The van der Waals surface area contributed by atoms with Crippen LogP contribution in [0.2, 0.25) is 0 Å². The number of aromatic carboxylic acids is 1. The molecular weight excluding hydrogens is 306 g/mol. The lowest BCUT2D eigenvalue weighted by Gasteiger charge is -2.44. The molecule has 126 valence electrons. The number of nitrogens with zero attached hydrogens (tertiary/aromatic N) is 2. The van der Waals surface area contributed by atoms with Crippen molar-refractivity contribution in [1.82, 2.24) is 15.1 Å². The second kappa shape index (κ2) is 6.11. The zero-order valence-corrected chi connectivity index (χ0v) is 13.8. The van der Waals surface area contributed by atoms with Crippen LogP contribution in [0, 0.1) is 5.41 Å². The minimum absolute atomic E-state index is 0.0738. The van der Waals surface area contributed by atoms with Crippen LogP contribution in [0.25, 0.3) is 0 Å². The zero-order valence-electron chi connectivity index (χ0n) is 13.8. The summed E-state index contributed by atoms with van der Waals surface area (Å²) < 4.78 is 0. The standard InChI is InChI=1S/C18H21N3O3/c1-18(2)8-9-21(11-13(18)12-6-4-3-5-7-12)16(22)14-10-15(17(23)24)20-19-14/h3-7,10,13H,8-9,11H2,1-2H3,(H,19,20)(H,23,24). The molecule has 1 aliphatic heterocycles. The van der Waals surface area contributed by atoms with Gasteiger partial charge in [0.2, 0.25) is 0 Å². The molecule has 0 spiro atoms. The van der Waals surface area contributed by atoms with Gasteiger partial charge in [0.05, 0.1) is 0 Å². The average molecular weight is 327 g/mol. The van der Waals surface area contributed by atoms with E-state index in [1.807, 2.05) is 18.2 Å². The first-order valence-electron chi connectivity index (χ1n) is 8.01. The minimum Gasteiger partial charge on any atom is -0.477 e. The van der Waals surface area contributed by atoms with Crippen LogP contribution in [0.3, 0.4) is 0 Å². The lowest BCUT2D eigenvalue weighted by atomic mass is 9.70. The molecule has 0 bridgehead atoms. The number of aromatic amines is 1. The van der Waals surface area contributed by atoms with Gasteiger partial charge in [-0.3, -0.25) is 9.89 Å². The van der Waals surface area contributed by atoms with E-state index in [-0.39, 0.29) is 28.6 Å². The van der Waals surface area contributed by atoms with Gasteiger partial charge in [-0.1, -0.05) is 44.2 Å². The Labute approximate surface area is 140 Å². The van der Waals surface area contributed by atoms with Crippen LogP contribution in [0.4, 0.5) is 0 Å². The fraction of sp³-hybridized carbons (Fsp3) is 0.389. The van der Waals surface area contributed by atoms with E-state index in [1.165, 1.54) is 11.6 Å². The van der Waals surface area contributed by atoms with Crippen molar-refractivity contribution in [2.24, 2.45) is 5.41 Å². The SMILES string of the molecule is CC1(C)CCN(C(=O)c2cc(C(=O)O)[nH]n2)CC1c1ccccc1. The van der Waals surface area contributed by atoms with Crippen molar-refractivity contribution >= 4 is 11.9 Å². The first kappa shape index (κ1) is 16.2. The molecule has 1 amide bonds. The number of carboxylic acids is 1. The number of hydrogen-bond acceptors (Lipinski definition) is 3. The van der Waals surface area contributed by atoms with Gasteiger partial charge in [0, 0.05) is 25.1 Å². The molecule has 6 heteroatoms. The van der Waals surface area contributed by atoms with Crippen LogP contribution in [0.1, 0.15) is 52.7 Å². The Morgan fingerprint density at radius 1 is 1.29 bits per heavy atom. The van der Waals surface area contributed by atoms with Crippen molar-refractivity contribution in [1.29, 1.82) is 0 Å². The van der Waals surface area contributed by atoms with E-state index in [2.05, 4.69) is 36.2 Å². The van der Waals surface area contributed by atoms with E-state index in [4.69, 9.17) is 5.11 Å². The maximum Gasteiger partial charge on any atom is 0.353 e. The number of likely N-dealkylation sites (tertiary alicyclic amines) is 1. The Kier molecular flexibility index (Phi) is 4.13. The molecule has 2 aromatic rings. The molecule has 0 saturated carbocycles. The highest BCUT2D eigenvalue weighted by molar-refractivity contribution is 5.95. The van der Waals surface area contributed by atoms with Gasteiger partial charge in [0.1, 0.15) is 5.69 Å². The van der Waals surface area contributed by atoms with E-state index in [9.17, 15) is 9.59 Å². The summed E-state index contributed by atoms with van der Waals surface area (Å²) >= 11 is 0. The third-order valence-corrected chi connectivity index (χ3v) is 4.89. The molecule has 2 heterocycles. The zero-order chi connectivity index (χ0) is 17.3. The molecule has 6 nitrogen and oxygen atoms in total. The maximum absolute atomic E-state index is 12.7. The number of hydrogen-bond donors (Lipinski definition) is 2. The van der Waals surface area contributed by atoms with Crippen LogP contribution in [0.15, 0.2) is 36.4 Å². The topological polar surface area (TPSA) is 86.3 Å². The summed E-state index contributed by atoms with van der Waals surface area (Å²) in [7, 11) is 0. The predicted molar refractivity (Wildman–Crippen MR) is 89.0 cm³/mol. The number of rotatable bonds is 3. The van der Waals surface area contributed by atoms with E-state index < -0.39 is 5.97 Å². The summed E-state index contributed by atoms with van der Waals surface area (Å²) in [6.45, 7) is 5.70. The fourth-order valence-electron chi connectivity index (χ4n) is 3.29. The first-order valence-corrected chi connectivity index (χ1v) is 8.01. The van der Waals surface area contributed by atoms with Crippen molar-refractivity contribution in [3.8, 4) is 0 Å². The molecule has 1 aliphatic rings. The quantitative estimate of drug-likeness (QED) is 0.907. The second-order valence-electron chi connectivity index (χ2n) is 6.93. The Balaban J connectivity index is 1.82. The van der Waals surface area contributed by atoms with Crippen LogP contribution in [-0.4, -0.2) is 45.2 Å². The highest BCUT2D eigenvalue weighted by atomic mass is 16.4. The van der Waals surface area contributed by atoms with Gasteiger partial charge in [-0.25, -0.2) is 4.79 Å². The molecule has 0 radical (unpaired) electrons. The summed E-state index contributed by atoms with van der Waals surface area (Å²) in [5.74, 6) is -1.12. The number of aromatic nitrogens is 2. The van der Waals surface area contributed by atoms with Crippen molar-refractivity contribution in [2.75, 3.05) is 13.1 Å². The molecule has 1 fully saturated rings. The monoisotopic (exact) mass is 327 g/mol. The highest BCUT2D eigenvalue weighted by Crippen LogP contribution is 2.42. The number of benzene rings is 1. The number of piperidine rings is 1. The summed E-state index contributed by atoms with van der Waals surface area (Å²) in [5, 5.41) is 15.2. The Bertz CT molecular complexity index is 752. The molecule has 2 N–H and O–H groups in total. The van der Waals surface area contributed by atoms with Crippen molar-refractivity contribution in [2.45, 2.75) is 26.2 Å². The number of carbonyl (C=O) groups is 2. The Morgan fingerprint density at radius 2 is 2.00 bits per heavy atom. The number of H-pyrrole nitrogens is 1. The predicted octanol–water partition coefficient (Wildman–Crippen LogP) is 2.76. The largest absolute Gasteiger partial charge is 0.477 e. The van der Waals surface area contributed by atoms with Crippen molar-refractivity contribution < 1.29 is 14.7 Å². The summed E-state index contributed by atoms with van der Waals surface area (Å²) in [4.78, 5) is 25.4. The second-order valence-corrected chi connectivity index (χ2v) is 6.93. The normalized spacial score (nSPS) is 19.9. The Morgan fingerprint density at radius 3 is 2.62 bits per heavy atom. The average Bonchev–Trinajstić information content (AvgIpc) is 3.05. The molecule has 1 atom stereocenters. The van der Waals surface area contributed by atoms with Gasteiger partial charge < -0.3 is 10.0 Å². The van der Waals surface area contributed by atoms with E-state index >= 15 is 0 Å². The third-order valence-electron chi connectivity index (χ3n) is 4.89. The van der Waals surface area contributed by atoms with Gasteiger partial charge >= 0.3 is 5.97 Å². The molecule has 0 aliphatic carbocycles. The van der Waals surface area contributed by atoms with Gasteiger partial charge in [-0.05, 0) is 17.4 Å². The summed E-state index contributed by atoms with van der Waals surface area (Å²) in [6.07, 6.45) is 0.883. The molecule has 1 aromatic heterocycles. The molecule has 24 heavy (non-hydrogen) atoms. The molecular formula is C18H21N3O3. The summed E-state index contributed by atoms with van der Waals surface area (Å²) in [6, 6.07) is 11.5. The van der Waals surface area contributed by atoms with Crippen LogP contribution in [0.5, 0.6) is 0 Å². The van der Waals surface area contributed by atoms with Crippen molar-refractivity contribution in [3.05, 3.63) is 53.3 Å². The smallest absolute Gasteiger partial charge is 0.353 e. The van der Waals surface area contributed by atoms with Crippen LogP contribution < -0.4 is 0 Å². The van der Waals surface area contributed by atoms with Crippen molar-refractivity contribution in [3.63, 3.8) is 0 Å². The fourth-order valence-corrected chi connectivity index (χ4v) is 3.29. The maximum atomic E-state index is 12.7. The highest BCUT2D eigenvalue weighted by Gasteiger charge is 2.38. The lowest BCUT2D eigenvalue weighted by Crippen LogP contribution is -2.46. The van der Waals surface area contributed by atoms with Crippen LogP contribution in [-0.2, 0) is 0 Å². The van der Waals surface area contributed by atoms with Gasteiger partial charge in [0.15, 0.2) is 5.69 Å². The van der Waals surface area contributed by atoms with Gasteiger partial charge in [-0.15, -0.1) is 0 Å². The minimum atomic E-state index is -1.12. The molecule has 1 saturated heterocycles. The molecule has 3 rings (SSSR count). The molecule has 1 aromatic carbocycles. The lowest BCUT2D eigenvalue weighted by molar-refractivity contribution is 0.0561. The van der Waals surface area contributed by atoms with Crippen LogP contribution >= 0.6 is 0 Å². The first-order chi connectivity index (χ1) is 11.4. The van der Waals surface area contributed by atoms with E-state index in [0.29, 0.717) is 13.1 Å². The Hall–Kier alpha value is -2.63. The number of amides is 1.